The minimum Gasteiger partial charge on any atom is -0.465 e. The molecule has 1 atom stereocenters. The predicted molar refractivity (Wildman–Crippen MR) is 102 cm³/mol. The first-order valence-electron chi connectivity index (χ1n) is 8.13. The van der Waals surface area contributed by atoms with E-state index in [-0.39, 0.29) is 17.7 Å². The number of thioether (sulfide) groups is 1. The monoisotopic (exact) mass is 369 g/mol. The van der Waals surface area contributed by atoms with Gasteiger partial charge in [-0.2, -0.15) is 0 Å². The van der Waals surface area contributed by atoms with Crippen LogP contribution in [0.3, 0.4) is 0 Å². The topological polar surface area (TPSA) is 71.9 Å². The second kappa shape index (κ2) is 7.70. The quantitative estimate of drug-likeness (QED) is 0.759. The molecule has 7 heteroatoms. The van der Waals surface area contributed by atoms with Crippen LogP contribution in [0, 0.1) is 6.92 Å². The SMILES string of the molecule is COC(=O)c1ccnc2c1C(C)N=CN(c1ccc(C)cc1)C(=O)CS2. The summed E-state index contributed by atoms with van der Waals surface area (Å²) in [5, 5.41) is 0.622. The Hall–Kier alpha value is -2.67. The van der Waals surface area contributed by atoms with E-state index in [2.05, 4.69) is 9.98 Å². The molecule has 1 aromatic heterocycles. The Kier molecular flexibility index (Phi) is 5.37. The lowest BCUT2D eigenvalue weighted by atomic mass is 10.0. The van der Waals surface area contributed by atoms with Crippen molar-refractivity contribution < 1.29 is 14.3 Å². The maximum Gasteiger partial charge on any atom is 0.338 e. The molecule has 1 aliphatic heterocycles. The molecule has 0 fully saturated rings. The molecule has 0 N–H and O–H groups in total. The smallest absolute Gasteiger partial charge is 0.338 e. The standard InChI is InChI=1S/C19H19N3O3S/c1-12-4-6-14(7-5-12)22-11-21-13(2)17-15(19(24)25-3)8-9-20-18(17)26-10-16(22)23/h4-9,11,13H,10H2,1-3H3. The zero-order chi connectivity index (χ0) is 18.7. The van der Waals surface area contributed by atoms with E-state index in [0.717, 1.165) is 11.3 Å². The molecular formula is C19H19N3O3S. The van der Waals surface area contributed by atoms with Crippen molar-refractivity contribution in [2.75, 3.05) is 17.8 Å². The Morgan fingerprint density at radius 3 is 2.69 bits per heavy atom. The number of fused-ring (bicyclic) bond motifs is 1. The molecule has 0 spiro atoms. The van der Waals surface area contributed by atoms with Crippen molar-refractivity contribution >= 4 is 35.7 Å². The number of rotatable bonds is 2. The first-order chi connectivity index (χ1) is 12.5. The van der Waals surface area contributed by atoms with Gasteiger partial charge in [-0.15, -0.1) is 0 Å². The number of esters is 1. The van der Waals surface area contributed by atoms with Gasteiger partial charge in [-0.25, -0.2) is 9.78 Å². The molecule has 0 radical (unpaired) electrons. The Morgan fingerprint density at radius 1 is 1.27 bits per heavy atom. The van der Waals surface area contributed by atoms with E-state index in [4.69, 9.17) is 4.74 Å². The third kappa shape index (κ3) is 3.62. The number of carbonyl (C=O) groups excluding carboxylic acids is 2. The van der Waals surface area contributed by atoms with Crippen molar-refractivity contribution in [2.24, 2.45) is 4.99 Å². The molecule has 1 unspecified atom stereocenters. The van der Waals surface area contributed by atoms with Gasteiger partial charge in [-0.05, 0) is 32.0 Å². The fourth-order valence-electron chi connectivity index (χ4n) is 2.68. The van der Waals surface area contributed by atoms with Gasteiger partial charge in [0.25, 0.3) is 0 Å². The number of ether oxygens (including phenoxy) is 1. The Bertz CT molecular complexity index is 865. The molecule has 0 saturated carbocycles. The molecule has 134 valence electrons. The van der Waals surface area contributed by atoms with E-state index in [1.807, 2.05) is 38.1 Å². The van der Waals surface area contributed by atoms with Crippen LogP contribution in [0.5, 0.6) is 0 Å². The molecule has 2 heterocycles. The van der Waals surface area contributed by atoms with Crippen LogP contribution in [-0.4, -0.2) is 36.1 Å². The molecule has 1 aliphatic rings. The van der Waals surface area contributed by atoms with Crippen LogP contribution >= 0.6 is 11.8 Å². The number of aliphatic imine (C=N–C) groups is 1. The van der Waals surface area contributed by atoms with Crippen LogP contribution in [-0.2, 0) is 9.53 Å². The minimum absolute atomic E-state index is 0.104. The predicted octanol–water partition coefficient (Wildman–Crippen LogP) is 3.40. The van der Waals surface area contributed by atoms with Crippen molar-refractivity contribution in [1.29, 1.82) is 0 Å². The third-order valence-corrected chi connectivity index (χ3v) is 5.09. The van der Waals surface area contributed by atoms with E-state index < -0.39 is 5.97 Å². The molecule has 26 heavy (non-hydrogen) atoms. The van der Waals surface area contributed by atoms with Crippen LogP contribution in [0.25, 0.3) is 0 Å². The van der Waals surface area contributed by atoms with Crippen LogP contribution in [0.1, 0.15) is 34.5 Å². The Balaban J connectivity index is 2.02. The summed E-state index contributed by atoms with van der Waals surface area (Å²) in [6.45, 7) is 3.86. The molecule has 3 rings (SSSR count). The number of hydrogen-bond donors (Lipinski definition) is 0. The zero-order valence-corrected chi connectivity index (χ0v) is 15.6. The number of anilines is 1. The average molecular weight is 369 g/mol. The van der Waals surface area contributed by atoms with Crippen LogP contribution in [0.15, 0.2) is 46.5 Å². The number of pyridine rings is 1. The average Bonchev–Trinajstić information content (AvgIpc) is 2.71. The summed E-state index contributed by atoms with van der Waals surface area (Å²) in [5.74, 6) is -0.350. The molecule has 0 aliphatic carbocycles. The van der Waals surface area contributed by atoms with Crippen molar-refractivity contribution in [3.05, 3.63) is 53.2 Å². The summed E-state index contributed by atoms with van der Waals surface area (Å²) < 4.78 is 4.87. The normalized spacial score (nSPS) is 17.1. The van der Waals surface area contributed by atoms with Gasteiger partial charge in [-0.1, -0.05) is 29.5 Å². The second-order valence-corrected chi connectivity index (χ2v) is 6.86. The first-order valence-corrected chi connectivity index (χ1v) is 9.12. The fourth-order valence-corrected chi connectivity index (χ4v) is 3.65. The molecule has 6 nitrogen and oxygen atoms in total. The molecular weight excluding hydrogens is 350 g/mol. The van der Waals surface area contributed by atoms with Crippen LogP contribution in [0.2, 0.25) is 0 Å². The molecule has 2 aromatic rings. The zero-order valence-electron chi connectivity index (χ0n) is 14.8. The summed E-state index contributed by atoms with van der Waals surface area (Å²) >= 11 is 1.30. The summed E-state index contributed by atoms with van der Waals surface area (Å²) in [5.41, 5.74) is 2.97. The van der Waals surface area contributed by atoms with Crippen molar-refractivity contribution in [3.8, 4) is 0 Å². The van der Waals surface area contributed by atoms with Crippen molar-refractivity contribution in [1.82, 2.24) is 4.98 Å². The van der Waals surface area contributed by atoms with E-state index in [0.29, 0.717) is 16.2 Å². The van der Waals surface area contributed by atoms with Crippen LogP contribution in [0.4, 0.5) is 5.69 Å². The number of amides is 1. The molecule has 0 bridgehead atoms. The lowest BCUT2D eigenvalue weighted by Gasteiger charge is -2.17. The maximum atomic E-state index is 12.7. The number of aryl methyl sites for hydroxylation is 1. The van der Waals surface area contributed by atoms with Crippen LogP contribution < -0.4 is 4.90 Å². The van der Waals surface area contributed by atoms with Gasteiger partial charge in [0.1, 0.15) is 5.03 Å². The van der Waals surface area contributed by atoms with Crippen molar-refractivity contribution in [2.45, 2.75) is 24.9 Å². The summed E-state index contributed by atoms with van der Waals surface area (Å²) in [6, 6.07) is 8.94. The fraction of sp³-hybridized carbons (Fsp3) is 0.263. The lowest BCUT2D eigenvalue weighted by Crippen LogP contribution is -2.31. The third-order valence-electron chi connectivity index (χ3n) is 4.10. The lowest BCUT2D eigenvalue weighted by molar-refractivity contribution is -0.115. The Morgan fingerprint density at radius 2 is 2.00 bits per heavy atom. The van der Waals surface area contributed by atoms with E-state index in [9.17, 15) is 9.59 Å². The highest BCUT2D eigenvalue weighted by Crippen LogP contribution is 2.32. The van der Waals surface area contributed by atoms with E-state index in [1.54, 1.807) is 12.3 Å². The summed E-state index contributed by atoms with van der Waals surface area (Å²) in [4.78, 5) is 35.2. The van der Waals surface area contributed by atoms with Gasteiger partial charge in [-0.3, -0.25) is 14.7 Å². The number of benzene rings is 1. The summed E-state index contributed by atoms with van der Waals surface area (Å²) in [6.07, 6.45) is 3.08. The number of carbonyl (C=O) groups is 2. The largest absolute Gasteiger partial charge is 0.465 e. The Labute approximate surface area is 156 Å². The van der Waals surface area contributed by atoms with E-state index in [1.165, 1.54) is 30.1 Å². The van der Waals surface area contributed by atoms with Gasteiger partial charge in [0, 0.05) is 17.4 Å². The molecule has 0 saturated heterocycles. The maximum absolute atomic E-state index is 12.7. The summed E-state index contributed by atoms with van der Waals surface area (Å²) in [7, 11) is 1.34. The highest BCUT2D eigenvalue weighted by molar-refractivity contribution is 8.00. The first kappa shape index (κ1) is 18.1. The number of methoxy groups -OCH3 is 1. The number of aromatic nitrogens is 1. The minimum atomic E-state index is -0.438. The second-order valence-electron chi connectivity index (χ2n) is 5.90. The van der Waals surface area contributed by atoms with E-state index >= 15 is 0 Å². The van der Waals surface area contributed by atoms with Gasteiger partial charge < -0.3 is 4.74 Å². The van der Waals surface area contributed by atoms with Crippen molar-refractivity contribution in [3.63, 3.8) is 0 Å². The van der Waals surface area contributed by atoms with Gasteiger partial charge in [0.05, 0.1) is 30.8 Å². The highest BCUT2D eigenvalue weighted by atomic mass is 32.2. The van der Waals surface area contributed by atoms with Gasteiger partial charge >= 0.3 is 5.97 Å². The number of hydrogen-bond acceptors (Lipinski definition) is 6. The molecule has 1 amide bonds. The van der Waals surface area contributed by atoms with Gasteiger partial charge in [0.15, 0.2) is 0 Å². The molecule has 1 aromatic carbocycles. The highest BCUT2D eigenvalue weighted by Gasteiger charge is 2.25. The number of nitrogens with zero attached hydrogens (tertiary/aromatic N) is 3. The van der Waals surface area contributed by atoms with Gasteiger partial charge in [0.2, 0.25) is 5.91 Å².